The van der Waals surface area contributed by atoms with Crippen LogP contribution in [0.1, 0.15) is 46.6 Å². The number of carboxylic acid groups (broad SMARTS) is 1. The average molecular weight is 403 g/mol. The second-order valence-electron chi connectivity index (χ2n) is 7.74. The van der Waals surface area contributed by atoms with Gasteiger partial charge in [-0.05, 0) is 38.7 Å². The van der Waals surface area contributed by atoms with Crippen LogP contribution in [-0.2, 0) is 25.6 Å². The zero-order valence-electron chi connectivity index (χ0n) is 17.7. The maximum absolute atomic E-state index is 12.1. The van der Waals surface area contributed by atoms with Crippen LogP contribution in [0.5, 0.6) is 0 Å². The summed E-state index contributed by atoms with van der Waals surface area (Å²) in [5.74, 6) is -1.29. The first kappa shape index (κ1) is 26.9. The van der Waals surface area contributed by atoms with Crippen molar-refractivity contribution in [2.24, 2.45) is 5.92 Å². The predicted octanol–water partition coefficient (Wildman–Crippen LogP) is -0.761. The van der Waals surface area contributed by atoms with E-state index in [-0.39, 0.29) is 48.9 Å². The Labute approximate surface area is 189 Å². The molecule has 0 aliphatic carbocycles. The number of hydrogen-bond donors (Lipinski definition) is 1. The summed E-state index contributed by atoms with van der Waals surface area (Å²) in [5.41, 5.74) is 0.250. The molecular formula is C20H30NNaO6. The molecule has 8 heteroatoms. The third-order valence-corrected chi connectivity index (χ3v) is 3.47. The second-order valence-corrected chi connectivity index (χ2v) is 7.74. The van der Waals surface area contributed by atoms with Gasteiger partial charge in [-0.25, -0.2) is 4.79 Å². The van der Waals surface area contributed by atoms with Gasteiger partial charge in [0.1, 0.15) is 18.5 Å². The van der Waals surface area contributed by atoms with Crippen LogP contribution < -0.4 is 40.0 Å². The molecule has 0 aromatic heterocycles. The van der Waals surface area contributed by atoms with Gasteiger partial charge in [0.2, 0.25) is 0 Å². The van der Waals surface area contributed by atoms with E-state index in [4.69, 9.17) is 14.2 Å². The van der Waals surface area contributed by atoms with Crippen molar-refractivity contribution < 1.29 is 58.5 Å². The Kier molecular flexibility index (Phi) is 12.6. The quantitative estimate of drug-likeness (QED) is 0.313. The molecule has 2 atom stereocenters. The fourth-order valence-electron chi connectivity index (χ4n) is 2.43. The number of carbonyl (C=O) groups is 2. The van der Waals surface area contributed by atoms with E-state index in [2.05, 4.69) is 5.32 Å². The number of carboxylic acids is 1. The van der Waals surface area contributed by atoms with Gasteiger partial charge in [0.05, 0.1) is 18.6 Å². The molecule has 1 N–H and O–H groups in total. The molecule has 0 aliphatic rings. The Morgan fingerprint density at radius 2 is 1.75 bits per heavy atom. The third kappa shape index (κ3) is 11.7. The smallest absolute Gasteiger partial charge is 0.547 e. The van der Waals surface area contributed by atoms with Gasteiger partial charge in [-0.2, -0.15) is 0 Å². The van der Waals surface area contributed by atoms with Crippen LogP contribution in [0.25, 0.3) is 0 Å². The number of alkyl carbamates (subject to hydrolysis) is 1. The normalized spacial score (nSPS) is 13.4. The topological polar surface area (TPSA) is 96.9 Å². The van der Waals surface area contributed by atoms with Gasteiger partial charge in [-0.1, -0.05) is 44.2 Å². The van der Waals surface area contributed by atoms with Crippen molar-refractivity contribution in [2.75, 3.05) is 6.79 Å². The molecular weight excluding hydrogens is 373 g/mol. The molecule has 0 aliphatic heterocycles. The first-order valence-electron chi connectivity index (χ1n) is 9.02. The minimum Gasteiger partial charge on any atom is -0.547 e. The van der Waals surface area contributed by atoms with Crippen LogP contribution in [0.3, 0.4) is 0 Å². The summed E-state index contributed by atoms with van der Waals surface area (Å²) < 4.78 is 16.0. The van der Waals surface area contributed by atoms with E-state index in [0.29, 0.717) is 6.42 Å². The molecule has 0 unspecified atom stereocenters. The number of benzene rings is 1. The van der Waals surface area contributed by atoms with Crippen molar-refractivity contribution in [3.05, 3.63) is 35.9 Å². The number of aliphatic carboxylic acids is 1. The molecule has 0 bridgehead atoms. The van der Waals surface area contributed by atoms with E-state index in [1.807, 2.05) is 44.2 Å². The largest absolute Gasteiger partial charge is 1.00 e. The van der Waals surface area contributed by atoms with Crippen LogP contribution in [0.15, 0.2) is 30.3 Å². The fourth-order valence-corrected chi connectivity index (χ4v) is 2.43. The number of hydrogen-bond acceptors (Lipinski definition) is 6. The van der Waals surface area contributed by atoms with Gasteiger partial charge in [-0.3, -0.25) is 0 Å². The van der Waals surface area contributed by atoms with Gasteiger partial charge in [0.15, 0.2) is 0 Å². The summed E-state index contributed by atoms with van der Waals surface area (Å²) in [5, 5.41) is 14.2. The molecule has 1 rings (SSSR count). The Morgan fingerprint density at radius 3 is 2.25 bits per heavy atom. The minimum absolute atomic E-state index is 0. The number of nitrogens with one attached hydrogen (secondary N) is 1. The van der Waals surface area contributed by atoms with Crippen LogP contribution in [-0.4, -0.2) is 36.6 Å². The SMILES string of the molecule is CC(C)C[C@H](NC(=O)OC(C)(C)C)[C@@H](OCOCc1ccccc1)C(=O)[O-].[Na+]. The van der Waals surface area contributed by atoms with E-state index < -0.39 is 29.8 Å². The Balaban J connectivity index is 0.00000729. The third-order valence-electron chi connectivity index (χ3n) is 3.47. The summed E-state index contributed by atoms with van der Waals surface area (Å²) in [6, 6.07) is 8.64. The van der Waals surface area contributed by atoms with E-state index in [1.54, 1.807) is 20.8 Å². The van der Waals surface area contributed by atoms with Gasteiger partial charge in [-0.15, -0.1) is 0 Å². The molecule has 0 spiro atoms. The zero-order valence-corrected chi connectivity index (χ0v) is 19.7. The molecule has 0 saturated heterocycles. The number of ether oxygens (including phenoxy) is 3. The summed E-state index contributed by atoms with van der Waals surface area (Å²) in [6.45, 7) is 9.08. The molecule has 1 aromatic carbocycles. The minimum atomic E-state index is -1.42. The summed E-state index contributed by atoms with van der Waals surface area (Å²) >= 11 is 0. The molecule has 0 saturated carbocycles. The first-order chi connectivity index (χ1) is 12.6. The average Bonchev–Trinajstić information content (AvgIpc) is 2.52. The van der Waals surface area contributed by atoms with Crippen LogP contribution in [0, 0.1) is 5.92 Å². The molecule has 1 aromatic rings. The van der Waals surface area contributed by atoms with Crippen molar-refractivity contribution in [1.82, 2.24) is 5.32 Å². The summed E-state index contributed by atoms with van der Waals surface area (Å²) in [4.78, 5) is 23.6. The molecule has 7 nitrogen and oxygen atoms in total. The van der Waals surface area contributed by atoms with E-state index >= 15 is 0 Å². The van der Waals surface area contributed by atoms with Gasteiger partial charge < -0.3 is 29.4 Å². The fraction of sp³-hybridized carbons (Fsp3) is 0.600. The summed E-state index contributed by atoms with van der Waals surface area (Å²) in [7, 11) is 0. The summed E-state index contributed by atoms with van der Waals surface area (Å²) in [6.07, 6.45) is -1.67. The standard InChI is InChI=1S/C20H31NO6.Na/c1-14(2)11-16(21-19(24)27-20(3,4)5)17(18(22)23)26-13-25-12-15-9-7-6-8-10-15;/h6-10,14,16-17H,11-13H2,1-5H3,(H,21,24)(H,22,23);/q;+1/p-1/t16-,17+;/m0./s1. The molecule has 28 heavy (non-hydrogen) atoms. The zero-order chi connectivity index (χ0) is 20.4. The maximum atomic E-state index is 12.1. The number of carbonyl (C=O) groups excluding carboxylic acids is 2. The van der Waals surface area contributed by atoms with Crippen LogP contribution in [0.2, 0.25) is 0 Å². The van der Waals surface area contributed by atoms with Crippen molar-refractivity contribution in [3.8, 4) is 0 Å². The Bertz CT molecular complexity index is 588. The maximum Gasteiger partial charge on any atom is 1.00 e. The second kappa shape index (κ2) is 13.2. The molecule has 0 heterocycles. The van der Waals surface area contributed by atoms with Crippen molar-refractivity contribution in [2.45, 2.75) is 65.4 Å². The van der Waals surface area contributed by atoms with Crippen molar-refractivity contribution >= 4 is 12.1 Å². The first-order valence-corrected chi connectivity index (χ1v) is 9.02. The van der Waals surface area contributed by atoms with Crippen molar-refractivity contribution in [1.29, 1.82) is 0 Å². The number of rotatable bonds is 10. The Morgan fingerprint density at radius 1 is 1.14 bits per heavy atom. The van der Waals surface area contributed by atoms with Crippen molar-refractivity contribution in [3.63, 3.8) is 0 Å². The molecule has 152 valence electrons. The van der Waals surface area contributed by atoms with Crippen LogP contribution >= 0.6 is 0 Å². The van der Waals surface area contributed by atoms with E-state index in [0.717, 1.165) is 5.56 Å². The molecule has 0 fully saturated rings. The number of amides is 1. The predicted molar refractivity (Wildman–Crippen MR) is 98.6 cm³/mol. The van der Waals surface area contributed by atoms with Gasteiger partial charge >= 0.3 is 35.7 Å². The van der Waals surface area contributed by atoms with E-state index in [9.17, 15) is 14.7 Å². The monoisotopic (exact) mass is 403 g/mol. The van der Waals surface area contributed by atoms with Gasteiger partial charge in [0.25, 0.3) is 0 Å². The van der Waals surface area contributed by atoms with Crippen LogP contribution in [0.4, 0.5) is 4.79 Å². The molecule has 1 amide bonds. The van der Waals surface area contributed by atoms with E-state index in [1.165, 1.54) is 0 Å². The molecule has 0 radical (unpaired) electrons. The Hall–Kier alpha value is -1.12. The van der Waals surface area contributed by atoms with Gasteiger partial charge in [0, 0.05) is 0 Å².